The summed E-state index contributed by atoms with van der Waals surface area (Å²) in [5.41, 5.74) is 10.0. The first kappa shape index (κ1) is 26.4. The minimum atomic E-state index is 1.23. The van der Waals surface area contributed by atoms with E-state index in [9.17, 15) is 0 Å². The van der Waals surface area contributed by atoms with Crippen molar-refractivity contribution in [2.24, 2.45) is 0 Å². The summed E-state index contributed by atoms with van der Waals surface area (Å²) in [5.74, 6) is 0. The molecular formula is C46H30. The Morgan fingerprint density at radius 3 is 0.848 bits per heavy atom. The van der Waals surface area contributed by atoms with Gasteiger partial charge in [-0.25, -0.2) is 0 Å². The predicted molar refractivity (Wildman–Crippen MR) is 198 cm³/mol. The van der Waals surface area contributed by atoms with E-state index < -0.39 is 0 Å². The van der Waals surface area contributed by atoms with Crippen molar-refractivity contribution < 1.29 is 0 Å². The van der Waals surface area contributed by atoms with Crippen molar-refractivity contribution in [3.05, 3.63) is 182 Å². The molecule has 0 unspecified atom stereocenters. The van der Waals surface area contributed by atoms with Crippen molar-refractivity contribution >= 4 is 43.1 Å². The topological polar surface area (TPSA) is 0 Å². The Morgan fingerprint density at radius 2 is 0.457 bits per heavy atom. The zero-order valence-corrected chi connectivity index (χ0v) is 25.3. The molecule has 0 fully saturated rings. The minimum Gasteiger partial charge on any atom is -0.0622 e. The van der Waals surface area contributed by atoms with E-state index in [2.05, 4.69) is 182 Å². The lowest BCUT2D eigenvalue weighted by atomic mass is 9.81. The normalized spacial score (nSPS) is 11.5. The van der Waals surface area contributed by atoms with Crippen LogP contribution < -0.4 is 0 Å². The highest BCUT2D eigenvalue weighted by molar-refractivity contribution is 6.26. The van der Waals surface area contributed by atoms with Crippen LogP contribution >= 0.6 is 0 Å². The molecule has 0 nitrogen and oxygen atoms in total. The van der Waals surface area contributed by atoms with Gasteiger partial charge in [0.25, 0.3) is 0 Å². The van der Waals surface area contributed by atoms with Gasteiger partial charge in [-0.2, -0.15) is 0 Å². The zero-order valence-electron chi connectivity index (χ0n) is 25.3. The average molecular weight is 583 g/mol. The Hall–Kier alpha value is -5.98. The van der Waals surface area contributed by atoms with Crippen LogP contribution in [0.1, 0.15) is 0 Å². The van der Waals surface area contributed by atoms with E-state index in [-0.39, 0.29) is 0 Å². The van der Waals surface area contributed by atoms with Gasteiger partial charge in [0.15, 0.2) is 0 Å². The molecule has 0 saturated carbocycles. The van der Waals surface area contributed by atoms with Gasteiger partial charge in [-0.05, 0) is 87.6 Å². The third-order valence-electron chi connectivity index (χ3n) is 9.49. The van der Waals surface area contributed by atoms with E-state index in [1.165, 1.54) is 87.6 Å². The molecule has 0 aliphatic carbocycles. The highest BCUT2D eigenvalue weighted by atomic mass is 14.2. The number of fused-ring (bicyclic) bond motifs is 5. The van der Waals surface area contributed by atoms with Crippen molar-refractivity contribution in [1.29, 1.82) is 0 Å². The minimum absolute atomic E-state index is 1.23. The summed E-state index contributed by atoms with van der Waals surface area (Å²) in [4.78, 5) is 0. The molecule has 0 N–H and O–H groups in total. The lowest BCUT2D eigenvalue weighted by molar-refractivity contribution is 1.63. The van der Waals surface area contributed by atoms with E-state index in [0.29, 0.717) is 0 Å². The van der Waals surface area contributed by atoms with Crippen molar-refractivity contribution in [2.45, 2.75) is 0 Å². The van der Waals surface area contributed by atoms with Crippen molar-refractivity contribution in [3.8, 4) is 44.5 Å². The molecule has 46 heavy (non-hydrogen) atoms. The number of hydrogen-bond donors (Lipinski definition) is 0. The van der Waals surface area contributed by atoms with Crippen LogP contribution in [0.25, 0.3) is 87.6 Å². The summed E-state index contributed by atoms with van der Waals surface area (Å²) >= 11 is 0. The van der Waals surface area contributed by atoms with E-state index in [1.54, 1.807) is 0 Å². The van der Waals surface area contributed by atoms with Gasteiger partial charge in [-0.15, -0.1) is 0 Å². The van der Waals surface area contributed by atoms with Crippen molar-refractivity contribution in [3.63, 3.8) is 0 Å². The Morgan fingerprint density at radius 1 is 0.174 bits per heavy atom. The second-order valence-corrected chi connectivity index (χ2v) is 12.0. The van der Waals surface area contributed by atoms with Crippen LogP contribution in [0.5, 0.6) is 0 Å². The molecule has 0 bridgehead atoms. The molecule has 0 heteroatoms. The second kappa shape index (κ2) is 10.9. The van der Waals surface area contributed by atoms with Gasteiger partial charge in [0.1, 0.15) is 0 Å². The molecule has 9 aromatic carbocycles. The van der Waals surface area contributed by atoms with Crippen molar-refractivity contribution in [1.82, 2.24) is 0 Å². The standard InChI is InChI=1S/C46H30/c1-3-15-31(16-4-1)33-23-11-27-39-35(33)25-13-29-43(39)45-41-21-9-7-19-37(41)38-20-8-10-22-42(38)46(45)44-30-14-26-36-34(24-12-28-40(36)44)32-17-5-2-6-18-32/h1-30H. The monoisotopic (exact) mass is 582 g/mol. The summed E-state index contributed by atoms with van der Waals surface area (Å²) < 4.78 is 0. The molecular weight excluding hydrogens is 553 g/mol. The maximum absolute atomic E-state index is 2.32. The van der Waals surface area contributed by atoms with Crippen LogP contribution in [-0.2, 0) is 0 Å². The second-order valence-electron chi connectivity index (χ2n) is 12.0. The lowest BCUT2D eigenvalue weighted by Gasteiger charge is -2.21. The first-order chi connectivity index (χ1) is 22.9. The molecule has 0 atom stereocenters. The molecule has 0 heterocycles. The van der Waals surface area contributed by atoms with Gasteiger partial charge in [0, 0.05) is 0 Å². The maximum atomic E-state index is 2.32. The summed E-state index contributed by atoms with van der Waals surface area (Å²) in [6, 6.07) is 66.5. The maximum Gasteiger partial charge on any atom is -0.00139 e. The Bertz CT molecular complexity index is 2380. The Kier molecular flexibility index (Phi) is 6.25. The SMILES string of the molecule is c1ccc(-c2cccc3c(-c4c(-c5cccc6c(-c7ccccc7)cccc56)c5ccccc5c5ccccc45)cccc23)cc1. The van der Waals surface area contributed by atoms with Crippen LogP contribution in [0.3, 0.4) is 0 Å². The largest absolute Gasteiger partial charge is 0.0622 e. The van der Waals surface area contributed by atoms with Gasteiger partial charge in [0.2, 0.25) is 0 Å². The molecule has 0 aliphatic rings. The third kappa shape index (κ3) is 4.15. The summed E-state index contributed by atoms with van der Waals surface area (Å²) in [6.45, 7) is 0. The predicted octanol–water partition coefficient (Wildman–Crippen LogP) is 13.0. The van der Waals surface area contributed by atoms with Crippen LogP contribution in [0.4, 0.5) is 0 Å². The fourth-order valence-corrected chi connectivity index (χ4v) is 7.50. The fraction of sp³-hybridized carbons (Fsp3) is 0. The molecule has 0 radical (unpaired) electrons. The van der Waals surface area contributed by atoms with Crippen LogP contribution in [0.2, 0.25) is 0 Å². The zero-order chi connectivity index (χ0) is 30.5. The van der Waals surface area contributed by atoms with E-state index >= 15 is 0 Å². The van der Waals surface area contributed by atoms with E-state index in [1.807, 2.05) is 0 Å². The molecule has 0 saturated heterocycles. The van der Waals surface area contributed by atoms with E-state index in [4.69, 9.17) is 0 Å². The number of rotatable bonds is 4. The van der Waals surface area contributed by atoms with Crippen LogP contribution in [-0.4, -0.2) is 0 Å². The molecule has 9 rings (SSSR count). The molecule has 9 aromatic rings. The molecule has 214 valence electrons. The summed E-state index contributed by atoms with van der Waals surface area (Å²) in [5, 5.41) is 10.1. The Balaban J connectivity index is 1.44. The third-order valence-corrected chi connectivity index (χ3v) is 9.49. The van der Waals surface area contributed by atoms with Gasteiger partial charge in [-0.1, -0.05) is 182 Å². The van der Waals surface area contributed by atoms with Crippen LogP contribution in [0.15, 0.2) is 182 Å². The molecule has 0 amide bonds. The summed E-state index contributed by atoms with van der Waals surface area (Å²) in [6.07, 6.45) is 0. The van der Waals surface area contributed by atoms with Gasteiger partial charge >= 0.3 is 0 Å². The summed E-state index contributed by atoms with van der Waals surface area (Å²) in [7, 11) is 0. The highest BCUT2D eigenvalue weighted by Gasteiger charge is 2.21. The van der Waals surface area contributed by atoms with Crippen molar-refractivity contribution in [2.75, 3.05) is 0 Å². The molecule has 0 aliphatic heterocycles. The average Bonchev–Trinajstić information content (AvgIpc) is 3.14. The van der Waals surface area contributed by atoms with Gasteiger partial charge in [0.05, 0.1) is 0 Å². The quantitative estimate of drug-likeness (QED) is 0.181. The molecule has 0 spiro atoms. The molecule has 0 aromatic heterocycles. The lowest BCUT2D eigenvalue weighted by Crippen LogP contribution is -1.94. The Labute approximate surface area is 268 Å². The van der Waals surface area contributed by atoms with Gasteiger partial charge < -0.3 is 0 Å². The first-order valence-electron chi connectivity index (χ1n) is 16.0. The number of benzene rings is 9. The number of hydrogen-bond acceptors (Lipinski definition) is 0. The highest BCUT2D eigenvalue weighted by Crippen LogP contribution is 2.49. The smallest absolute Gasteiger partial charge is 0.00139 e. The van der Waals surface area contributed by atoms with E-state index in [0.717, 1.165) is 0 Å². The fourth-order valence-electron chi connectivity index (χ4n) is 7.50. The van der Waals surface area contributed by atoms with Gasteiger partial charge in [-0.3, -0.25) is 0 Å². The van der Waals surface area contributed by atoms with Crippen LogP contribution in [0, 0.1) is 0 Å². The first-order valence-corrected chi connectivity index (χ1v) is 16.0.